The normalized spacial score (nSPS) is 16.8. The lowest BCUT2D eigenvalue weighted by Gasteiger charge is -2.30. The highest BCUT2D eigenvalue weighted by atomic mass is 15.5. The van der Waals surface area contributed by atoms with Crippen molar-refractivity contribution >= 4 is 17.2 Å². The summed E-state index contributed by atoms with van der Waals surface area (Å²) in [6, 6.07) is 18.7. The van der Waals surface area contributed by atoms with E-state index in [0.717, 1.165) is 17.9 Å². The minimum Gasteiger partial charge on any atom is -0.345 e. The lowest BCUT2D eigenvalue weighted by Crippen LogP contribution is -2.43. The summed E-state index contributed by atoms with van der Waals surface area (Å²) in [6.45, 7) is 18.4. The van der Waals surface area contributed by atoms with E-state index < -0.39 is 0 Å². The first-order valence-electron chi connectivity index (χ1n) is 13.0. The average Bonchev–Trinajstić information content (AvgIpc) is 3.31. The van der Waals surface area contributed by atoms with Crippen molar-refractivity contribution in [1.82, 2.24) is 4.98 Å². The summed E-state index contributed by atoms with van der Waals surface area (Å²) in [5.41, 5.74) is 10.7. The van der Waals surface area contributed by atoms with E-state index in [1.807, 2.05) is 0 Å². The molecule has 0 amide bonds. The van der Waals surface area contributed by atoms with Gasteiger partial charge in [0.1, 0.15) is 6.17 Å². The maximum atomic E-state index is 5.44. The molecule has 3 aromatic rings. The molecule has 2 aliphatic heterocycles. The Morgan fingerprint density at radius 1 is 0.765 bits per heavy atom. The topological polar surface area (TPSA) is 19.4 Å². The van der Waals surface area contributed by atoms with E-state index in [2.05, 4.69) is 114 Å². The molecule has 34 heavy (non-hydrogen) atoms. The molecule has 0 fully saturated rings. The van der Waals surface area contributed by atoms with Crippen LogP contribution in [0.1, 0.15) is 95.4 Å². The number of rotatable bonds is 5. The highest BCUT2D eigenvalue weighted by Crippen LogP contribution is 2.51. The number of aromatic nitrogens is 1. The van der Waals surface area contributed by atoms with Crippen molar-refractivity contribution in [1.29, 1.82) is 0 Å². The van der Waals surface area contributed by atoms with Gasteiger partial charge in [0.2, 0.25) is 0 Å². The zero-order chi connectivity index (χ0) is 24.3. The fourth-order valence-corrected chi connectivity index (χ4v) is 5.84. The second-order valence-corrected chi connectivity index (χ2v) is 11.3. The molecule has 3 heterocycles. The fourth-order valence-electron chi connectivity index (χ4n) is 5.84. The summed E-state index contributed by atoms with van der Waals surface area (Å²) >= 11 is 0. The van der Waals surface area contributed by atoms with E-state index in [0.29, 0.717) is 30.0 Å². The van der Waals surface area contributed by atoms with Crippen LogP contribution in [0, 0.1) is 0 Å². The van der Waals surface area contributed by atoms with E-state index in [-0.39, 0.29) is 0 Å². The van der Waals surface area contributed by atoms with Crippen molar-refractivity contribution in [3.05, 3.63) is 70.8 Å². The predicted molar refractivity (Wildman–Crippen MR) is 146 cm³/mol. The number of pyridine rings is 1. The lowest BCUT2D eigenvalue weighted by molar-refractivity contribution is 0.589. The van der Waals surface area contributed by atoms with Gasteiger partial charge in [0.15, 0.2) is 5.82 Å². The summed E-state index contributed by atoms with van der Waals surface area (Å²) in [7, 11) is 0. The van der Waals surface area contributed by atoms with Crippen molar-refractivity contribution < 1.29 is 0 Å². The SMILES string of the molecule is CC(C)c1cc(C(C)C)c(-c2ccc3c(n2)N2c4ccccc4CC2N3C(C)C)c(C(C)C)c1. The Morgan fingerprint density at radius 2 is 1.41 bits per heavy atom. The second kappa shape index (κ2) is 8.45. The van der Waals surface area contributed by atoms with Crippen LogP contribution in [0.2, 0.25) is 0 Å². The Balaban J connectivity index is 1.73. The highest BCUT2D eigenvalue weighted by Gasteiger charge is 2.44. The Kier molecular flexibility index (Phi) is 5.70. The molecule has 0 N–H and O–H groups in total. The predicted octanol–water partition coefficient (Wildman–Crippen LogP) is 8.37. The van der Waals surface area contributed by atoms with Gasteiger partial charge in [-0.05, 0) is 72.1 Å². The Bertz CT molecular complexity index is 1190. The maximum Gasteiger partial charge on any atom is 0.159 e. The van der Waals surface area contributed by atoms with E-state index >= 15 is 0 Å². The number of nitrogens with zero attached hydrogens (tertiary/aromatic N) is 3. The van der Waals surface area contributed by atoms with Crippen LogP contribution in [-0.4, -0.2) is 17.2 Å². The number of fused-ring (bicyclic) bond motifs is 5. The molecular weight excluding hydrogens is 414 g/mol. The monoisotopic (exact) mass is 453 g/mol. The Labute approximate surface area is 205 Å². The van der Waals surface area contributed by atoms with E-state index in [4.69, 9.17) is 4.98 Å². The van der Waals surface area contributed by atoms with Crippen LogP contribution < -0.4 is 9.80 Å². The van der Waals surface area contributed by atoms with Gasteiger partial charge in [0, 0.05) is 23.7 Å². The van der Waals surface area contributed by atoms with E-state index in [9.17, 15) is 0 Å². The molecule has 0 spiro atoms. The lowest BCUT2D eigenvalue weighted by atomic mass is 9.83. The van der Waals surface area contributed by atoms with Crippen LogP contribution in [0.25, 0.3) is 11.3 Å². The first kappa shape index (κ1) is 23.0. The molecule has 0 saturated carbocycles. The number of anilines is 3. The van der Waals surface area contributed by atoms with Crippen molar-refractivity contribution in [2.45, 2.75) is 91.8 Å². The number of hydrogen-bond acceptors (Lipinski definition) is 3. The minimum atomic E-state index is 0.313. The van der Waals surface area contributed by atoms with Gasteiger partial charge in [0.25, 0.3) is 0 Å². The van der Waals surface area contributed by atoms with Gasteiger partial charge in [-0.1, -0.05) is 71.9 Å². The van der Waals surface area contributed by atoms with E-state index in [1.165, 1.54) is 39.2 Å². The van der Waals surface area contributed by atoms with Gasteiger partial charge < -0.3 is 9.80 Å². The van der Waals surface area contributed by atoms with Crippen molar-refractivity contribution in [3.8, 4) is 11.3 Å². The smallest absolute Gasteiger partial charge is 0.159 e. The molecule has 178 valence electrons. The van der Waals surface area contributed by atoms with Crippen LogP contribution in [0.5, 0.6) is 0 Å². The molecule has 2 aromatic carbocycles. The van der Waals surface area contributed by atoms with Gasteiger partial charge in [-0.3, -0.25) is 0 Å². The molecular formula is C31H39N3. The molecule has 0 aliphatic carbocycles. The minimum absolute atomic E-state index is 0.313. The molecule has 0 bridgehead atoms. The van der Waals surface area contributed by atoms with Crippen LogP contribution in [0.15, 0.2) is 48.5 Å². The quantitative estimate of drug-likeness (QED) is 0.387. The van der Waals surface area contributed by atoms with Crippen LogP contribution in [-0.2, 0) is 6.42 Å². The van der Waals surface area contributed by atoms with Gasteiger partial charge in [-0.15, -0.1) is 0 Å². The van der Waals surface area contributed by atoms with Gasteiger partial charge in [-0.2, -0.15) is 0 Å². The zero-order valence-corrected chi connectivity index (χ0v) is 22.1. The Morgan fingerprint density at radius 3 is 2.00 bits per heavy atom. The summed E-state index contributed by atoms with van der Waals surface area (Å²) in [6.07, 6.45) is 1.35. The average molecular weight is 454 g/mol. The molecule has 0 saturated heterocycles. The van der Waals surface area contributed by atoms with Crippen LogP contribution in [0.4, 0.5) is 17.2 Å². The first-order valence-corrected chi connectivity index (χ1v) is 13.0. The maximum absolute atomic E-state index is 5.44. The zero-order valence-electron chi connectivity index (χ0n) is 22.1. The third kappa shape index (κ3) is 3.52. The van der Waals surface area contributed by atoms with Gasteiger partial charge in [-0.25, -0.2) is 4.98 Å². The van der Waals surface area contributed by atoms with E-state index in [1.54, 1.807) is 0 Å². The second-order valence-electron chi connectivity index (χ2n) is 11.3. The standard InChI is InChI=1S/C31H39N3/c1-18(2)23-15-24(19(3)4)30(25(16-23)20(5)6)26-13-14-28-31(32-26)34-27-12-10-9-11-22(27)17-29(34)33(28)21(7)8/h9-16,18-21,29H,17H2,1-8H3. The van der Waals surface area contributed by atoms with Gasteiger partial charge >= 0.3 is 0 Å². The molecule has 0 radical (unpaired) electrons. The summed E-state index contributed by atoms with van der Waals surface area (Å²) in [5, 5.41) is 0. The third-order valence-corrected chi connectivity index (χ3v) is 7.58. The van der Waals surface area contributed by atoms with Crippen LogP contribution in [0.3, 0.4) is 0 Å². The largest absolute Gasteiger partial charge is 0.345 e. The van der Waals surface area contributed by atoms with Crippen molar-refractivity contribution in [2.24, 2.45) is 0 Å². The summed E-state index contributed by atoms with van der Waals surface area (Å²) in [4.78, 5) is 10.5. The summed E-state index contributed by atoms with van der Waals surface area (Å²) < 4.78 is 0. The number of hydrogen-bond donors (Lipinski definition) is 0. The molecule has 5 rings (SSSR count). The van der Waals surface area contributed by atoms with Crippen molar-refractivity contribution in [3.63, 3.8) is 0 Å². The molecule has 2 aliphatic rings. The van der Waals surface area contributed by atoms with Crippen molar-refractivity contribution in [2.75, 3.05) is 9.80 Å². The highest BCUT2D eigenvalue weighted by molar-refractivity contribution is 5.87. The molecule has 1 atom stereocenters. The van der Waals surface area contributed by atoms with Gasteiger partial charge in [0.05, 0.1) is 11.4 Å². The fraction of sp³-hybridized carbons (Fsp3) is 0.452. The number of benzene rings is 2. The van der Waals surface area contributed by atoms with Crippen LogP contribution >= 0.6 is 0 Å². The molecule has 3 heteroatoms. The third-order valence-electron chi connectivity index (χ3n) is 7.58. The summed E-state index contributed by atoms with van der Waals surface area (Å²) in [5.74, 6) is 2.50. The molecule has 1 unspecified atom stereocenters. The Hall–Kier alpha value is -2.81. The first-order chi connectivity index (χ1) is 16.2. The molecule has 1 aromatic heterocycles. The molecule has 3 nitrogen and oxygen atoms in total. The number of para-hydroxylation sites is 1.